The molecule has 0 saturated heterocycles. The Morgan fingerprint density at radius 3 is 1.00 bits per heavy atom. The van der Waals surface area contributed by atoms with Gasteiger partial charge in [0.15, 0.2) is 0 Å². The van der Waals surface area contributed by atoms with Crippen molar-refractivity contribution in [3.05, 3.63) is 14.9 Å². The van der Waals surface area contributed by atoms with Gasteiger partial charge in [-0.15, -0.1) is 19.6 Å². The van der Waals surface area contributed by atoms with Crippen molar-refractivity contribution in [1.82, 2.24) is 4.90 Å². The maximum Gasteiger partial charge on any atom is -0.0210 e. The zero-order valence-corrected chi connectivity index (χ0v) is 28.0. The Morgan fingerprint density at radius 2 is 0.857 bits per heavy atom. The van der Waals surface area contributed by atoms with Gasteiger partial charge in [-0.1, -0.05) is 83.6 Å². The van der Waals surface area contributed by atoms with Crippen molar-refractivity contribution in [3.8, 4) is 0 Å². The van der Waals surface area contributed by atoms with Crippen LogP contribution in [0.5, 0.6) is 0 Å². The second kappa shape index (κ2) is 14.7. The maximum absolute atomic E-state index is 4.86. The fourth-order valence-corrected chi connectivity index (χ4v) is 4.23. The SMILES string of the molecule is CC(C)(C)[P+]#[Ta].C[Si](C)(C)[N-]CCN(CC[N-][Si](C)(C)C)CC[N-][Si](C)(C)C. The van der Waals surface area contributed by atoms with Crippen molar-refractivity contribution in [1.29, 1.82) is 0 Å². The standard InChI is InChI=1S/C15H39N4Si3.C4H9P.Ta/c1-20(2,3)16-10-13-19(14-11-17-21(4,5)6)15-12-18-22(7,8)9;1-4(2,3)5;/h10-15H2,1-9H3;1-3H3;/q-3;+1;. The Balaban J connectivity index is 0. The van der Waals surface area contributed by atoms with Gasteiger partial charge in [-0.3, -0.25) is 0 Å². The van der Waals surface area contributed by atoms with Gasteiger partial charge in [0.05, 0.1) is 0 Å². The van der Waals surface area contributed by atoms with Crippen LogP contribution < -0.4 is 0 Å². The molecule has 0 aliphatic rings. The summed E-state index contributed by atoms with van der Waals surface area (Å²) in [5, 5.41) is 0.563. The maximum atomic E-state index is 4.86. The molecule has 9 heteroatoms. The average Bonchev–Trinajstić information content (AvgIpc) is 2.42. The first-order valence-corrected chi connectivity index (χ1v) is 26.0. The molecule has 0 aliphatic carbocycles. The Morgan fingerprint density at radius 1 is 0.643 bits per heavy atom. The molecule has 0 aromatic rings. The predicted octanol–water partition coefficient (Wildman–Crippen LogP) is 7.11. The minimum absolute atomic E-state index is 0.563. The van der Waals surface area contributed by atoms with Crippen molar-refractivity contribution in [2.45, 2.75) is 84.9 Å². The summed E-state index contributed by atoms with van der Waals surface area (Å²) >= 11 is 1.49. The van der Waals surface area contributed by atoms with E-state index in [1.165, 1.54) is 19.8 Å². The third kappa shape index (κ3) is 29.9. The van der Waals surface area contributed by atoms with E-state index in [2.05, 4.69) is 84.6 Å². The quantitative estimate of drug-likeness (QED) is 0.168. The number of rotatable bonds is 12. The first-order valence-electron chi connectivity index (χ1n) is 10.5. The van der Waals surface area contributed by atoms with Crippen LogP contribution in [-0.2, 0) is 19.8 Å². The molecule has 4 nitrogen and oxygen atoms in total. The van der Waals surface area contributed by atoms with E-state index in [0.29, 0.717) is 5.16 Å². The molecule has 0 saturated carbocycles. The van der Waals surface area contributed by atoms with Gasteiger partial charge in [-0.2, -0.15) is 0 Å². The first kappa shape index (κ1) is 31.8. The van der Waals surface area contributed by atoms with Crippen LogP contribution in [0.15, 0.2) is 0 Å². The molecule has 0 radical (unpaired) electrons. The smallest absolute Gasteiger partial charge is 0.0210 e. The van der Waals surface area contributed by atoms with E-state index in [4.69, 9.17) is 14.9 Å². The molecule has 0 fully saturated rings. The number of hydrogen-bond acceptors (Lipinski definition) is 1. The number of nitrogens with zero attached hydrogens (tertiary/aromatic N) is 4. The summed E-state index contributed by atoms with van der Waals surface area (Å²) in [6, 6.07) is 0. The fraction of sp³-hybridized carbons (Fsp3) is 1.00. The van der Waals surface area contributed by atoms with Crippen molar-refractivity contribution in [2.24, 2.45) is 0 Å². The van der Waals surface area contributed by atoms with Crippen LogP contribution in [0.2, 0.25) is 58.9 Å². The van der Waals surface area contributed by atoms with Crippen LogP contribution in [0.4, 0.5) is 0 Å². The molecular formula is C19H48N4PSi3Ta-2. The monoisotopic (exact) mass is 628 g/mol. The normalized spacial score (nSPS) is 13.3. The minimum Gasteiger partial charge on any atom is -0.664 e. The molecular weight excluding hydrogens is 580 g/mol. The molecule has 168 valence electrons. The molecule has 0 atom stereocenters. The summed E-state index contributed by atoms with van der Waals surface area (Å²) in [6.07, 6.45) is 0. The zero-order valence-electron chi connectivity index (χ0n) is 20.9. The Hall–Kier alpha value is 1.66. The molecule has 0 bridgehead atoms. The second-order valence-corrected chi connectivity index (χ2v) is 28.9. The van der Waals surface area contributed by atoms with E-state index < -0.39 is 24.7 Å². The van der Waals surface area contributed by atoms with Gasteiger partial charge in [0, 0.05) is 0 Å². The van der Waals surface area contributed by atoms with Crippen LogP contribution in [0.25, 0.3) is 14.9 Å². The molecule has 0 spiro atoms. The van der Waals surface area contributed by atoms with Gasteiger partial charge < -0.3 is 19.8 Å². The van der Waals surface area contributed by atoms with Crippen molar-refractivity contribution in [2.75, 3.05) is 39.3 Å². The van der Waals surface area contributed by atoms with Gasteiger partial charge in [-0.05, 0) is 19.6 Å². The van der Waals surface area contributed by atoms with Crippen LogP contribution in [0.3, 0.4) is 0 Å². The van der Waals surface area contributed by atoms with Crippen molar-refractivity contribution in [3.63, 3.8) is 0 Å². The van der Waals surface area contributed by atoms with Crippen molar-refractivity contribution < 1.29 is 19.8 Å². The molecule has 0 aromatic heterocycles. The summed E-state index contributed by atoms with van der Waals surface area (Å²) in [7, 11) is -3.84. The molecule has 0 amide bonds. The number of hydrogen-bond donors (Lipinski definition) is 0. The fourth-order valence-electron chi connectivity index (χ4n) is 1.92. The first-order chi connectivity index (χ1) is 12.3. The molecule has 0 aromatic carbocycles. The molecule has 0 heterocycles. The molecule has 0 aliphatic heterocycles. The van der Waals surface area contributed by atoms with Gasteiger partial charge in [-0.25, -0.2) is 0 Å². The minimum atomic E-state index is -1.28. The van der Waals surface area contributed by atoms with Crippen LogP contribution in [0.1, 0.15) is 20.8 Å². The predicted molar refractivity (Wildman–Crippen MR) is 138 cm³/mol. The molecule has 0 unspecified atom stereocenters. The topological polar surface area (TPSA) is 45.5 Å². The van der Waals surface area contributed by atoms with E-state index >= 15 is 0 Å². The largest absolute Gasteiger partial charge is 0.664 e. The van der Waals surface area contributed by atoms with E-state index in [0.717, 1.165) is 39.3 Å². The summed E-state index contributed by atoms with van der Waals surface area (Å²) in [6.45, 7) is 33.6. The Labute approximate surface area is 193 Å². The van der Waals surface area contributed by atoms with Crippen LogP contribution in [-0.4, -0.2) is 74.0 Å². The Bertz CT molecular complexity index is 399. The van der Waals surface area contributed by atoms with Crippen molar-refractivity contribution >= 4 is 30.5 Å². The summed E-state index contributed by atoms with van der Waals surface area (Å²) < 4.78 is 0. The van der Waals surface area contributed by atoms with Gasteiger partial charge in [0.1, 0.15) is 0 Å². The van der Waals surface area contributed by atoms with E-state index in [-0.39, 0.29) is 0 Å². The van der Waals surface area contributed by atoms with Gasteiger partial charge >= 0.3 is 51.5 Å². The van der Waals surface area contributed by atoms with E-state index in [1.54, 1.807) is 5.79 Å². The van der Waals surface area contributed by atoms with E-state index in [1.807, 2.05) is 0 Å². The molecule has 0 rings (SSSR count). The summed E-state index contributed by atoms with van der Waals surface area (Å²) in [5.74, 6) is 1.59. The van der Waals surface area contributed by atoms with Crippen LogP contribution in [0, 0.1) is 0 Å². The second-order valence-electron chi connectivity index (χ2n) is 11.3. The van der Waals surface area contributed by atoms with Gasteiger partial charge in [0.25, 0.3) is 0 Å². The third-order valence-electron chi connectivity index (χ3n) is 3.31. The average molecular weight is 629 g/mol. The zero-order chi connectivity index (χ0) is 22.6. The summed E-state index contributed by atoms with van der Waals surface area (Å²) in [5.41, 5.74) is 0. The van der Waals surface area contributed by atoms with Crippen LogP contribution >= 0.6 is 5.79 Å². The van der Waals surface area contributed by atoms with Gasteiger partial charge in [0.2, 0.25) is 0 Å². The molecule has 28 heavy (non-hydrogen) atoms. The molecule has 0 N–H and O–H groups in total. The third-order valence-corrected chi connectivity index (χ3v) is 13.9. The Kier molecular flexibility index (Phi) is 16.7. The summed E-state index contributed by atoms with van der Waals surface area (Å²) in [4.78, 5) is 17.1. The van der Waals surface area contributed by atoms with E-state index in [9.17, 15) is 0 Å².